The average molecular weight is 376 g/mol. The third-order valence-corrected chi connectivity index (χ3v) is 4.31. The van der Waals surface area contributed by atoms with E-state index in [0.717, 1.165) is 17.2 Å². The first-order chi connectivity index (χ1) is 8.49. The van der Waals surface area contributed by atoms with Crippen molar-refractivity contribution in [1.29, 1.82) is 0 Å². The van der Waals surface area contributed by atoms with Crippen molar-refractivity contribution in [3.05, 3.63) is 69.2 Å². The van der Waals surface area contributed by atoms with Gasteiger partial charge < -0.3 is 0 Å². The van der Waals surface area contributed by atoms with Crippen LogP contribution in [0.25, 0.3) is 0 Å². The van der Waals surface area contributed by atoms with Crippen LogP contribution in [0.1, 0.15) is 21.5 Å². The van der Waals surface area contributed by atoms with Gasteiger partial charge in [-0.1, -0.05) is 45.8 Å². The topological polar surface area (TPSA) is 0 Å². The van der Waals surface area contributed by atoms with E-state index in [0.29, 0.717) is 5.56 Å². The Kier molecular flexibility index (Phi) is 4.17. The molecular weight excluding hydrogens is 366 g/mol. The fourth-order valence-electron chi connectivity index (χ4n) is 1.65. The maximum Gasteiger partial charge on any atom is 0.137 e. The largest absolute Gasteiger partial charge is 0.207 e. The van der Waals surface area contributed by atoms with Crippen molar-refractivity contribution in [2.24, 2.45) is 0 Å². The third-order valence-electron chi connectivity index (χ3n) is 2.68. The van der Waals surface area contributed by atoms with E-state index < -0.39 is 11.6 Å². The van der Waals surface area contributed by atoms with E-state index in [1.807, 2.05) is 31.2 Å². The van der Waals surface area contributed by atoms with E-state index >= 15 is 0 Å². The van der Waals surface area contributed by atoms with Gasteiger partial charge in [-0.05, 0) is 40.5 Å². The smallest absolute Gasteiger partial charge is 0.137 e. The predicted molar refractivity (Wildman–Crippen MR) is 76.0 cm³/mol. The summed E-state index contributed by atoms with van der Waals surface area (Å²) in [7, 11) is 0. The predicted octanol–water partition coefficient (Wildman–Crippen LogP) is 5.52. The number of halogens is 4. The van der Waals surface area contributed by atoms with Crippen molar-refractivity contribution in [3.8, 4) is 0 Å². The molecule has 0 saturated heterocycles. The molecule has 4 heteroatoms. The van der Waals surface area contributed by atoms with Crippen LogP contribution in [0.2, 0.25) is 0 Å². The van der Waals surface area contributed by atoms with Crippen molar-refractivity contribution in [3.63, 3.8) is 0 Å². The summed E-state index contributed by atoms with van der Waals surface area (Å²) in [5.41, 5.74) is 2.31. The van der Waals surface area contributed by atoms with Crippen LogP contribution in [-0.2, 0) is 0 Å². The molecular formula is C14H10Br2F2. The number of hydrogen-bond donors (Lipinski definition) is 0. The minimum Gasteiger partial charge on any atom is -0.207 e. The van der Waals surface area contributed by atoms with Gasteiger partial charge in [-0.25, -0.2) is 8.78 Å². The Morgan fingerprint density at radius 1 is 1.00 bits per heavy atom. The van der Waals surface area contributed by atoms with Crippen molar-refractivity contribution in [2.45, 2.75) is 11.8 Å². The Morgan fingerprint density at radius 2 is 1.61 bits per heavy atom. The van der Waals surface area contributed by atoms with E-state index in [4.69, 9.17) is 0 Å². The molecule has 0 N–H and O–H groups in total. The first kappa shape index (κ1) is 13.7. The zero-order valence-corrected chi connectivity index (χ0v) is 12.7. The zero-order chi connectivity index (χ0) is 13.3. The highest BCUT2D eigenvalue weighted by molar-refractivity contribution is 9.10. The van der Waals surface area contributed by atoms with E-state index in [1.54, 1.807) is 0 Å². The fourth-order valence-corrected chi connectivity index (χ4v) is 2.62. The number of aryl methyl sites for hydroxylation is 1. The molecule has 0 aliphatic rings. The molecule has 2 aromatic carbocycles. The lowest BCUT2D eigenvalue weighted by Crippen LogP contribution is -1.98. The van der Waals surface area contributed by atoms with Gasteiger partial charge in [-0.3, -0.25) is 0 Å². The van der Waals surface area contributed by atoms with Crippen LogP contribution in [0.15, 0.2) is 40.9 Å². The molecule has 0 fully saturated rings. The summed E-state index contributed by atoms with van der Waals surface area (Å²) >= 11 is 6.37. The maximum atomic E-state index is 13.8. The van der Waals surface area contributed by atoms with Crippen LogP contribution in [0, 0.1) is 18.6 Å². The highest BCUT2D eigenvalue weighted by Gasteiger charge is 2.17. The number of hydrogen-bond acceptors (Lipinski definition) is 0. The standard InChI is InChI=1S/C14H10Br2F2/c1-8-2-4-9(5-3-8)14(16)10-6-13(18)11(15)7-12(10)17/h2-7,14H,1H3. The van der Waals surface area contributed by atoms with Crippen LogP contribution in [0.3, 0.4) is 0 Å². The normalized spacial score (nSPS) is 12.5. The molecule has 0 saturated carbocycles. The van der Waals surface area contributed by atoms with E-state index in [1.165, 1.54) is 6.07 Å². The third kappa shape index (κ3) is 2.81. The molecule has 2 aromatic rings. The minimum atomic E-state index is -0.469. The highest BCUT2D eigenvalue weighted by Crippen LogP contribution is 2.34. The monoisotopic (exact) mass is 374 g/mol. The first-order valence-corrected chi connectivity index (χ1v) is 7.05. The Morgan fingerprint density at radius 3 is 2.22 bits per heavy atom. The van der Waals surface area contributed by atoms with Crippen LogP contribution < -0.4 is 0 Å². The van der Waals surface area contributed by atoms with Crippen molar-refractivity contribution in [2.75, 3.05) is 0 Å². The molecule has 0 spiro atoms. The van der Waals surface area contributed by atoms with E-state index in [9.17, 15) is 8.78 Å². The van der Waals surface area contributed by atoms with Crippen molar-refractivity contribution >= 4 is 31.9 Å². The lowest BCUT2D eigenvalue weighted by Gasteiger charge is -2.13. The van der Waals surface area contributed by atoms with Gasteiger partial charge in [0.2, 0.25) is 0 Å². The SMILES string of the molecule is Cc1ccc(C(Br)c2cc(F)c(Br)cc2F)cc1. The fraction of sp³-hybridized carbons (Fsp3) is 0.143. The van der Waals surface area contributed by atoms with Gasteiger partial charge in [0.1, 0.15) is 11.6 Å². The Balaban J connectivity index is 2.42. The second-order valence-corrected chi connectivity index (χ2v) is 5.83. The molecule has 18 heavy (non-hydrogen) atoms. The van der Waals surface area contributed by atoms with Crippen molar-refractivity contribution < 1.29 is 8.78 Å². The van der Waals surface area contributed by atoms with Crippen molar-refractivity contribution in [1.82, 2.24) is 0 Å². The van der Waals surface area contributed by atoms with Crippen LogP contribution >= 0.6 is 31.9 Å². The highest BCUT2D eigenvalue weighted by atomic mass is 79.9. The molecule has 0 heterocycles. The van der Waals surface area contributed by atoms with Gasteiger partial charge in [0.15, 0.2) is 0 Å². The number of alkyl halides is 1. The molecule has 1 atom stereocenters. The van der Waals surface area contributed by atoms with Crippen LogP contribution in [-0.4, -0.2) is 0 Å². The molecule has 0 radical (unpaired) electrons. The Labute approximate surface area is 121 Å². The maximum absolute atomic E-state index is 13.8. The summed E-state index contributed by atoms with van der Waals surface area (Å²) in [5.74, 6) is -0.909. The van der Waals surface area contributed by atoms with Gasteiger partial charge in [0.25, 0.3) is 0 Å². The lowest BCUT2D eigenvalue weighted by molar-refractivity contribution is 0.583. The second kappa shape index (κ2) is 5.49. The molecule has 0 amide bonds. The van der Waals surface area contributed by atoms with Gasteiger partial charge in [0, 0.05) is 5.56 Å². The minimum absolute atomic E-state index is 0.132. The summed E-state index contributed by atoms with van der Waals surface area (Å²) in [6.45, 7) is 1.98. The van der Waals surface area contributed by atoms with Crippen LogP contribution in [0.4, 0.5) is 8.78 Å². The summed E-state index contributed by atoms with van der Waals surface area (Å²) in [5, 5.41) is 0. The summed E-state index contributed by atoms with van der Waals surface area (Å²) < 4.78 is 27.4. The van der Waals surface area contributed by atoms with Gasteiger partial charge in [0.05, 0.1) is 9.30 Å². The average Bonchev–Trinajstić information content (AvgIpc) is 2.34. The summed E-state index contributed by atoms with van der Waals surface area (Å²) in [6.07, 6.45) is 0. The molecule has 0 aromatic heterocycles. The van der Waals surface area contributed by atoms with Gasteiger partial charge >= 0.3 is 0 Å². The zero-order valence-electron chi connectivity index (χ0n) is 9.55. The lowest BCUT2D eigenvalue weighted by atomic mass is 10.0. The van der Waals surface area contributed by atoms with Gasteiger partial charge in [-0.2, -0.15) is 0 Å². The molecule has 0 nitrogen and oxygen atoms in total. The van der Waals surface area contributed by atoms with Gasteiger partial charge in [-0.15, -0.1) is 0 Å². The number of rotatable bonds is 2. The Hall–Kier alpha value is -0.740. The molecule has 1 unspecified atom stereocenters. The van der Waals surface area contributed by atoms with E-state index in [2.05, 4.69) is 31.9 Å². The first-order valence-electron chi connectivity index (χ1n) is 5.34. The second-order valence-electron chi connectivity index (χ2n) is 4.06. The summed E-state index contributed by atoms with van der Waals surface area (Å²) in [4.78, 5) is -0.360. The number of benzene rings is 2. The molecule has 0 aliphatic heterocycles. The van der Waals surface area contributed by atoms with Crippen LogP contribution in [0.5, 0.6) is 0 Å². The quantitative estimate of drug-likeness (QED) is 0.478. The summed E-state index contributed by atoms with van der Waals surface area (Å²) in [6, 6.07) is 10.0. The van der Waals surface area contributed by atoms with E-state index in [-0.39, 0.29) is 9.30 Å². The molecule has 2 rings (SSSR count). The molecule has 94 valence electrons. The molecule has 0 aliphatic carbocycles. The Bertz CT molecular complexity index is 565. The molecule has 0 bridgehead atoms.